The number of unbranched alkanes of at least 4 members (excludes halogenated alkanes) is 35. The van der Waals surface area contributed by atoms with E-state index in [0.717, 1.165) is 38.5 Å². The Bertz CT molecular complexity index is 932. The molecule has 0 aliphatic carbocycles. The van der Waals surface area contributed by atoms with Crippen molar-refractivity contribution in [3.63, 3.8) is 0 Å². The van der Waals surface area contributed by atoms with Crippen molar-refractivity contribution in [3.05, 3.63) is 0 Å². The van der Waals surface area contributed by atoms with Crippen LogP contribution < -0.4 is 5.32 Å². The molecule has 0 aromatic carbocycles. The summed E-state index contributed by atoms with van der Waals surface area (Å²) in [6.07, 6.45) is 49.9. The fraction of sp³-hybridized carbons (Fsp3) is 0.980. The highest BCUT2D eigenvalue weighted by Gasteiger charge is 2.28. The van der Waals surface area contributed by atoms with Gasteiger partial charge in [0.15, 0.2) is 0 Å². The van der Waals surface area contributed by atoms with Gasteiger partial charge >= 0.3 is 7.82 Å². The van der Waals surface area contributed by atoms with Crippen LogP contribution in [0.1, 0.15) is 264 Å². The monoisotopic (exact) mass is 860 g/mol. The minimum Gasteiger partial charge on any atom is -0.391 e. The van der Waals surface area contributed by atoms with E-state index in [-0.39, 0.29) is 19.1 Å². The maximum atomic E-state index is 12.7. The lowest BCUT2D eigenvalue weighted by Gasteiger charge is -2.26. The van der Waals surface area contributed by atoms with Crippen LogP contribution in [-0.4, -0.2) is 73.4 Å². The SMILES string of the molecule is CCCCCCCCCCCCCCCCCCCCCCCCCCCCCCCCCCCCC(=O)NC(COP(=O)(O)OCC[N+](C)(C)C)C(O)CCCCC. The summed E-state index contributed by atoms with van der Waals surface area (Å²) in [5, 5.41) is 13.6. The van der Waals surface area contributed by atoms with Crippen molar-refractivity contribution in [1.29, 1.82) is 0 Å². The molecule has 3 N–H and O–H groups in total. The largest absolute Gasteiger partial charge is 0.472 e. The Labute approximate surface area is 368 Å². The lowest BCUT2D eigenvalue weighted by atomic mass is 10.0. The number of hydrogen-bond donors (Lipinski definition) is 3. The van der Waals surface area contributed by atoms with Gasteiger partial charge < -0.3 is 19.8 Å². The number of phosphoric ester groups is 1. The van der Waals surface area contributed by atoms with Crippen molar-refractivity contribution in [3.8, 4) is 0 Å². The molecule has 0 aromatic heterocycles. The predicted molar refractivity (Wildman–Crippen MR) is 254 cm³/mol. The minimum atomic E-state index is -4.29. The topological polar surface area (TPSA) is 105 Å². The van der Waals surface area contributed by atoms with Gasteiger partial charge in [0.05, 0.1) is 39.9 Å². The van der Waals surface area contributed by atoms with E-state index < -0.39 is 20.0 Å². The Morgan fingerprint density at radius 3 is 1.14 bits per heavy atom. The molecule has 59 heavy (non-hydrogen) atoms. The van der Waals surface area contributed by atoms with Gasteiger partial charge in [0.2, 0.25) is 5.91 Å². The number of amides is 1. The van der Waals surface area contributed by atoms with Gasteiger partial charge in [-0.15, -0.1) is 0 Å². The molecule has 3 atom stereocenters. The van der Waals surface area contributed by atoms with Crippen LogP contribution in [-0.2, 0) is 18.4 Å². The number of aliphatic hydroxyl groups is 1. The highest BCUT2D eigenvalue weighted by molar-refractivity contribution is 7.47. The summed E-state index contributed by atoms with van der Waals surface area (Å²) >= 11 is 0. The van der Waals surface area contributed by atoms with Crippen LogP contribution >= 0.6 is 7.82 Å². The molecule has 3 unspecified atom stereocenters. The maximum absolute atomic E-state index is 12.7. The number of hydrogen-bond acceptors (Lipinski definition) is 5. The number of rotatable bonds is 48. The normalized spacial score (nSPS) is 14.1. The first kappa shape index (κ1) is 58.5. The Morgan fingerprint density at radius 2 is 0.814 bits per heavy atom. The van der Waals surface area contributed by atoms with Crippen molar-refractivity contribution in [1.82, 2.24) is 5.32 Å². The first-order chi connectivity index (χ1) is 28.5. The van der Waals surface area contributed by atoms with E-state index in [1.165, 1.54) is 199 Å². The number of phosphoric acid groups is 1. The van der Waals surface area contributed by atoms with Gasteiger partial charge in [0.1, 0.15) is 13.2 Å². The van der Waals surface area contributed by atoms with E-state index in [9.17, 15) is 19.4 Å². The van der Waals surface area contributed by atoms with Gasteiger partial charge in [-0.2, -0.15) is 0 Å². The molecule has 0 bridgehead atoms. The number of carbonyl (C=O) groups is 1. The second kappa shape index (κ2) is 42.8. The zero-order chi connectivity index (χ0) is 43.6. The van der Waals surface area contributed by atoms with Crippen LogP contribution in [0.4, 0.5) is 0 Å². The Hall–Kier alpha value is -0.500. The molecule has 0 aliphatic rings. The second-order valence-corrected chi connectivity index (χ2v) is 20.7. The van der Waals surface area contributed by atoms with Crippen LogP contribution in [0.15, 0.2) is 0 Å². The lowest BCUT2D eigenvalue weighted by Crippen LogP contribution is -2.46. The number of quaternary nitrogens is 1. The second-order valence-electron chi connectivity index (χ2n) is 19.3. The van der Waals surface area contributed by atoms with E-state index in [0.29, 0.717) is 23.9 Å². The highest BCUT2D eigenvalue weighted by Crippen LogP contribution is 2.43. The Morgan fingerprint density at radius 1 is 0.508 bits per heavy atom. The fourth-order valence-electron chi connectivity index (χ4n) is 7.99. The molecule has 0 aliphatic heterocycles. The van der Waals surface area contributed by atoms with E-state index in [2.05, 4.69) is 19.2 Å². The van der Waals surface area contributed by atoms with Crippen molar-refractivity contribution in [2.75, 3.05) is 40.9 Å². The van der Waals surface area contributed by atoms with Crippen LogP contribution in [0.5, 0.6) is 0 Å². The summed E-state index contributed by atoms with van der Waals surface area (Å²) in [5.74, 6) is -0.150. The van der Waals surface area contributed by atoms with Crippen molar-refractivity contribution >= 4 is 13.7 Å². The van der Waals surface area contributed by atoms with Crippen LogP contribution in [0.3, 0.4) is 0 Å². The summed E-state index contributed by atoms with van der Waals surface area (Å²) in [5.41, 5.74) is 0. The van der Waals surface area contributed by atoms with Gasteiger partial charge in [-0.3, -0.25) is 13.8 Å². The number of nitrogens with one attached hydrogen (secondary N) is 1. The van der Waals surface area contributed by atoms with Gasteiger partial charge in [-0.05, 0) is 12.8 Å². The third-order valence-electron chi connectivity index (χ3n) is 12.1. The predicted octanol–water partition coefficient (Wildman–Crippen LogP) is 14.9. The summed E-state index contributed by atoms with van der Waals surface area (Å²) in [6.45, 7) is 4.75. The molecule has 354 valence electrons. The molecule has 0 saturated carbocycles. The molecular formula is C50H104N2O6P+. The number of likely N-dealkylation sites (N-methyl/N-ethyl adjacent to an activating group) is 1. The summed E-state index contributed by atoms with van der Waals surface area (Å²) in [6, 6.07) is -0.750. The van der Waals surface area contributed by atoms with Crippen LogP contribution in [0.25, 0.3) is 0 Å². The third kappa shape index (κ3) is 45.3. The van der Waals surface area contributed by atoms with Crippen molar-refractivity contribution in [2.24, 2.45) is 0 Å². The molecule has 0 rings (SSSR count). The summed E-state index contributed by atoms with van der Waals surface area (Å²) in [7, 11) is 1.62. The lowest BCUT2D eigenvalue weighted by molar-refractivity contribution is -0.870. The Kier molecular flexibility index (Phi) is 42.4. The quantitative estimate of drug-likeness (QED) is 0.0320. The molecule has 9 heteroatoms. The molecule has 0 radical (unpaired) electrons. The van der Waals surface area contributed by atoms with Gasteiger partial charge in [0.25, 0.3) is 0 Å². The summed E-state index contributed by atoms with van der Waals surface area (Å²) < 4.78 is 23.3. The number of aliphatic hydroxyl groups excluding tert-OH is 1. The zero-order valence-electron chi connectivity index (χ0n) is 40.3. The number of nitrogens with zero attached hydrogens (tertiary/aromatic N) is 1. The number of carbonyl (C=O) groups excluding carboxylic acids is 1. The highest BCUT2D eigenvalue weighted by atomic mass is 31.2. The molecule has 0 aromatic rings. The molecular weight excluding hydrogens is 756 g/mol. The van der Waals surface area contributed by atoms with Gasteiger partial charge in [0, 0.05) is 6.42 Å². The molecule has 0 heterocycles. The first-order valence-electron chi connectivity index (χ1n) is 25.9. The average molecular weight is 860 g/mol. The molecule has 1 amide bonds. The minimum absolute atomic E-state index is 0.0765. The molecule has 8 nitrogen and oxygen atoms in total. The van der Waals surface area contributed by atoms with E-state index in [4.69, 9.17) is 9.05 Å². The maximum Gasteiger partial charge on any atom is 0.472 e. The van der Waals surface area contributed by atoms with E-state index in [1.54, 1.807) is 0 Å². The average Bonchev–Trinajstić information content (AvgIpc) is 3.19. The molecule has 0 fully saturated rings. The van der Waals surface area contributed by atoms with E-state index >= 15 is 0 Å². The Balaban J connectivity index is 3.61. The van der Waals surface area contributed by atoms with E-state index in [1.807, 2.05) is 21.1 Å². The van der Waals surface area contributed by atoms with Crippen LogP contribution in [0, 0.1) is 0 Å². The zero-order valence-corrected chi connectivity index (χ0v) is 41.2. The third-order valence-corrected chi connectivity index (χ3v) is 13.1. The standard InChI is InChI=1S/C50H103N2O6P/c1-6-8-10-11-12-13-14-15-16-17-18-19-20-21-22-23-24-25-26-27-28-29-30-31-32-33-34-35-36-37-38-39-40-42-44-50(54)51-48(49(53)43-41-9-7-2)47-58-59(55,56)57-46-45-52(3,4)5/h48-49,53H,6-47H2,1-5H3,(H-,51,54,55,56)/p+1. The smallest absolute Gasteiger partial charge is 0.391 e. The molecule has 0 spiro atoms. The molecule has 0 saturated heterocycles. The fourth-order valence-corrected chi connectivity index (χ4v) is 8.73. The van der Waals surface area contributed by atoms with Gasteiger partial charge in [-0.1, -0.05) is 245 Å². The van der Waals surface area contributed by atoms with Crippen molar-refractivity contribution in [2.45, 2.75) is 276 Å². The summed E-state index contributed by atoms with van der Waals surface area (Å²) in [4.78, 5) is 22.9. The van der Waals surface area contributed by atoms with Gasteiger partial charge in [-0.25, -0.2) is 4.57 Å². The van der Waals surface area contributed by atoms with Crippen molar-refractivity contribution < 1.29 is 32.9 Å². The first-order valence-corrected chi connectivity index (χ1v) is 27.4. The van der Waals surface area contributed by atoms with Crippen LogP contribution in [0.2, 0.25) is 0 Å².